The van der Waals surface area contributed by atoms with Gasteiger partial charge < -0.3 is 10.6 Å². The van der Waals surface area contributed by atoms with Gasteiger partial charge in [0.25, 0.3) is 0 Å². The first-order valence-corrected chi connectivity index (χ1v) is 8.54. The van der Waals surface area contributed by atoms with Crippen molar-refractivity contribution in [3.63, 3.8) is 0 Å². The Morgan fingerprint density at radius 1 is 1.44 bits per heavy atom. The molecule has 1 aliphatic rings. The summed E-state index contributed by atoms with van der Waals surface area (Å²) >= 11 is 1.84. The van der Waals surface area contributed by atoms with Crippen LogP contribution >= 0.6 is 11.8 Å². The van der Waals surface area contributed by atoms with E-state index >= 15 is 0 Å². The van der Waals surface area contributed by atoms with Crippen LogP contribution in [0.25, 0.3) is 0 Å². The Kier molecular flexibility index (Phi) is 7.08. The van der Waals surface area contributed by atoms with Crippen molar-refractivity contribution >= 4 is 17.7 Å². The minimum atomic E-state index is -0.104. The van der Waals surface area contributed by atoms with Crippen molar-refractivity contribution < 1.29 is 4.79 Å². The number of carbonyl (C=O) groups is 1. The molecule has 1 aliphatic heterocycles. The first-order chi connectivity index (χ1) is 8.64. The Bertz CT molecular complexity index is 247. The summed E-state index contributed by atoms with van der Waals surface area (Å²) in [5.74, 6) is 1.41. The Morgan fingerprint density at radius 2 is 2.11 bits per heavy atom. The molecule has 0 aliphatic carbocycles. The van der Waals surface area contributed by atoms with Gasteiger partial charge in [-0.25, -0.2) is 0 Å². The van der Waals surface area contributed by atoms with E-state index in [4.69, 9.17) is 0 Å². The van der Waals surface area contributed by atoms with Crippen LogP contribution in [-0.2, 0) is 4.79 Å². The molecule has 1 fully saturated rings. The minimum absolute atomic E-state index is 0.104. The SMILES string of the molecule is CCCC1(C(=O)NC(C)CCSC)CCNCC1. The maximum atomic E-state index is 12.5. The fraction of sp³-hybridized carbons (Fsp3) is 0.929. The van der Waals surface area contributed by atoms with Gasteiger partial charge in [0.15, 0.2) is 0 Å². The van der Waals surface area contributed by atoms with Gasteiger partial charge >= 0.3 is 0 Å². The topological polar surface area (TPSA) is 41.1 Å². The Balaban J connectivity index is 2.53. The van der Waals surface area contributed by atoms with E-state index in [0.29, 0.717) is 11.9 Å². The number of thioether (sulfide) groups is 1. The average molecular weight is 272 g/mol. The molecule has 106 valence electrons. The summed E-state index contributed by atoms with van der Waals surface area (Å²) < 4.78 is 0. The lowest BCUT2D eigenvalue weighted by atomic mass is 9.74. The zero-order valence-corrected chi connectivity index (χ0v) is 12.9. The van der Waals surface area contributed by atoms with Gasteiger partial charge in [-0.3, -0.25) is 4.79 Å². The summed E-state index contributed by atoms with van der Waals surface area (Å²) in [6, 6.07) is 0.300. The third kappa shape index (κ3) is 4.47. The molecular formula is C14H28N2OS. The molecule has 1 unspecified atom stereocenters. The maximum Gasteiger partial charge on any atom is 0.226 e. The predicted octanol–water partition coefficient (Wildman–Crippen LogP) is 2.41. The second-order valence-corrected chi connectivity index (χ2v) is 6.42. The number of hydrogen-bond donors (Lipinski definition) is 2. The van der Waals surface area contributed by atoms with Crippen molar-refractivity contribution in [1.82, 2.24) is 10.6 Å². The quantitative estimate of drug-likeness (QED) is 0.748. The fourth-order valence-electron chi connectivity index (χ4n) is 2.72. The molecule has 1 heterocycles. The standard InChI is InChI=1S/C14H28N2OS/c1-4-6-14(7-9-15-10-8-14)13(17)16-12(2)5-11-18-3/h12,15H,4-11H2,1-3H3,(H,16,17). The summed E-state index contributed by atoms with van der Waals surface area (Å²) in [6.07, 6.45) is 7.26. The summed E-state index contributed by atoms with van der Waals surface area (Å²) in [5, 5.41) is 6.59. The van der Waals surface area contributed by atoms with Gasteiger partial charge in [0.2, 0.25) is 5.91 Å². The summed E-state index contributed by atoms with van der Waals surface area (Å²) in [5.41, 5.74) is -0.104. The van der Waals surface area contributed by atoms with Crippen molar-refractivity contribution in [3.05, 3.63) is 0 Å². The molecule has 0 bridgehead atoms. The monoisotopic (exact) mass is 272 g/mol. The first kappa shape index (κ1) is 15.8. The lowest BCUT2D eigenvalue weighted by molar-refractivity contribution is -0.133. The van der Waals surface area contributed by atoms with E-state index in [1.807, 2.05) is 11.8 Å². The Labute approximate surface area is 116 Å². The molecule has 1 saturated heterocycles. The molecular weight excluding hydrogens is 244 g/mol. The van der Waals surface area contributed by atoms with Gasteiger partial charge in [-0.1, -0.05) is 13.3 Å². The van der Waals surface area contributed by atoms with Crippen molar-refractivity contribution in [2.75, 3.05) is 25.1 Å². The molecule has 4 heteroatoms. The molecule has 0 saturated carbocycles. The normalized spacial score (nSPS) is 20.4. The third-order valence-corrected chi connectivity index (χ3v) is 4.55. The van der Waals surface area contributed by atoms with E-state index in [-0.39, 0.29) is 5.41 Å². The van der Waals surface area contributed by atoms with Gasteiger partial charge in [0.1, 0.15) is 0 Å². The van der Waals surface area contributed by atoms with Crippen molar-refractivity contribution in [2.45, 2.75) is 52.0 Å². The third-order valence-electron chi connectivity index (χ3n) is 3.90. The molecule has 1 atom stereocenters. The number of nitrogens with one attached hydrogen (secondary N) is 2. The van der Waals surface area contributed by atoms with Gasteiger partial charge in [0, 0.05) is 6.04 Å². The average Bonchev–Trinajstić information content (AvgIpc) is 2.37. The van der Waals surface area contributed by atoms with Crippen LogP contribution < -0.4 is 10.6 Å². The predicted molar refractivity (Wildman–Crippen MR) is 80.0 cm³/mol. The number of rotatable bonds is 7. The van der Waals surface area contributed by atoms with Gasteiger partial charge in [-0.05, 0) is 57.7 Å². The molecule has 0 aromatic rings. The first-order valence-electron chi connectivity index (χ1n) is 7.15. The lowest BCUT2D eigenvalue weighted by Crippen LogP contribution is -2.49. The number of hydrogen-bond acceptors (Lipinski definition) is 3. The van der Waals surface area contributed by atoms with Crippen molar-refractivity contribution in [1.29, 1.82) is 0 Å². The smallest absolute Gasteiger partial charge is 0.226 e. The van der Waals surface area contributed by atoms with Crippen LogP contribution in [-0.4, -0.2) is 37.0 Å². The molecule has 1 amide bonds. The van der Waals surface area contributed by atoms with E-state index < -0.39 is 0 Å². The van der Waals surface area contributed by atoms with E-state index in [1.165, 1.54) is 0 Å². The Morgan fingerprint density at radius 3 is 2.67 bits per heavy atom. The van der Waals surface area contributed by atoms with Crippen LogP contribution in [0.5, 0.6) is 0 Å². The highest BCUT2D eigenvalue weighted by Crippen LogP contribution is 2.34. The van der Waals surface area contributed by atoms with Crippen LogP contribution in [0.15, 0.2) is 0 Å². The largest absolute Gasteiger partial charge is 0.353 e. The molecule has 0 radical (unpaired) electrons. The second kappa shape index (κ2) is 8.05. The summed E-state index contributed by atoms with van der Waals surface area (Å²) in [7, 11) is 0. The highest BCUT2D eigenvalue weighted by molar-refractivity contribution is 7.98. The van der Waals surface area contributed by atoms with Gasteiger partial charge in [-0.2, -0.15) is 11.8 Å². The zero-order chi connectivity index (χ0) is 13.4. The zero-order valence-electron chi connectivity index (χ0n) is 12.1. The molecule has 0 aromatic carbocycles. The Hall–Kier alpha value is -0.220. The van der Waals surface area contributed by atoms with E-state index in [0.717, 1.165) is 50.9 Å². The van der Waals surface area contributed by atoms with Crippen LogP contribution in [0.1, 0.15) is 46.0 Å². The van der Waals surface area contributed by atoms with Gasteiger partial charge in [-0.15, -0.1) is 0 Å². The minimum Gasteiger partial charge on any atom is -0.353 e. The number of amides is 1. The molecule has 0 aromatic heterocycles. The maximum absolute atomic E-state index is 12.5. The molecule has 18 heavy (non-hydrogen) atoms. The van der Waals surface area contributed by atoms with E-state index in [2.05, 4.69) is 30.7 Å². The molecule has 0 spiro atoms. The van der Waals surface area contributed by atoms with Crippen LogP contribution in [0.4, 0.5) is 0 Å². The van der Waals surface area contributed by atoms with Crippen molar-refractivity contribution in [3.8, 4) is 0 Å². The summed E-state index contributed by atoms with van der Waals surface area (Å²) in [4.78, 5) is 12.5. The molecule has 2 N–H and O–H groups in total. The van der Waals surface area contributed by atoms with Crippen molar-refractivity contribution in [2.24, 2.45) is 5.41 Å². The fourth-order valence-corrected chi connectivity index (χ4v) is 3.31. The second-order valence-electron chi connectivity index (χ2n) is 5.44. The van der Waals surface area contributed by atoms with Crippen LogP contribution in [0.3, 0.4) is 0 Å². The number of piperidine rings is 1. The van der Waals surface area contributed by atoms with E-state index in [1.54, 1.807) is 0 Å². The number of carbonyl (C=O) groups excluding carboxylic acids is 1. The summed E-state index contributed by atoms with van der Waals surface area (Å²) in [6.45, 7) is 6.25. The van der Waals surface area contributed by atoms with Gasteiger partial charge in [0.05, 0.1) is 5.41 Å². The lowest BCUT2D eigenvalue weighted by Gasteiger charge is -2.37. The van der Waals surface area contributed by atoms with Crippen LogP contribution in [0.2, 0.25) is 0 Å². The van der Waals surface area contributed by atoms with E-state index in [9.17, 15) is 4.79 Å². The molecule has 1 rings (SSSR count). The highest BCUT2D eigenvalue weighted by Gasteiger charge is 2.38. The highest BCUT2D eigenvalue weighted by atomic mass is 32.2. The van der Waals surface area contributed by atoms with Crippen LogP contribution in [0, 0.1) is 5.41 Å². The molecule has 3 nitrogen and oxygen atoms in total.